The molecule has 2 heterocycles. The molecular formula is C18H20N4. The zero-order chi connectivity index (χ0) is 14.9. The van der Waals surface area contributed by atoms with Crippen LogP contribution in [-0.2, 0) is 13.0 Å². The molecule has 2 atom stereocenters. The smallest absolute Gasteiger partial charge is 0.138 e. The van der Waals surface area contributed by atoms with Crippen LogP contribution in [0.1, 0.15) is 30.8 Å². The van der Waals surface area contributed by atoms with Gasteiger partial charge in [-0.1, -0.05) is 42.5 Å². The lowest BCUT2D eigenvalue weighted by molar-refractivity contribution is 0.335. The highest BCUT2D eigenvalue weighted by atomic mass is 15.3. The van der Waals surface area contributed by atoms with Gasteiger partial charge in [-0.2, -0.15) is 5.10 Å². The van der Waals surface area contributed by atoms with Crippen molar-refractivity contribution in [2.75, 3.05) is 0 Å². The number of nitrogens with one attached hydrogen (secondary N) is 1. The van der Waals surface area contributed by atoms with Crippen molar-refractivity contribution in [2.45, 2.75) is 38.4 Å². The molecule has 0 radical (unpaired) electrons. The number of hydrogen-bond acceptors (Lipinski definition) is 3. The first-order valence-corrected chi connectivity index (χ1v) is 7.91. The molecule has 0 bridgehead atoms. The summed E-state index contributed by atoms with van der Waals surface area (Å²) in [7, 11) is 0. The van der Waals surface area contributed by atoms with E-state index in [1.54, 1.807) is 6.33 Å². The van der Waals surface area contributed by atoms with Crippen LogP contribution in [0, 0.1) is 0 Å². The molecule has 2 aromatic carbocycles. The monoisotopic (exact) mass is 292 g/mol. The van der Waals surface area contributed by atoms with Crippen LogP contribution in [-0.4, -0.2) is 20.8 Å². The van der Waals surface area contributed by atoms with Crippen LogP contribution < -0.4 is 5.32 Å². The predicted octanol–water partition coefficient (Wildman–Crippen LogP) is 3.10. The van der Waals surface area contributed by atoms with E-state index >= 15 is 0 Å². The van der Waals surface area contributed by atoms with E-state index in [-0.39, 0.29) is 0 Å². The van der Waals surface area contributed by atoms with E-state index in [1.807, 2.05) is 4.68 Å². The van der Waals surface area contributed by atoms with Gasteiger partial charge in [0.2, 0.25) is 0 Å². The second-order valence-corrected chi connectivity index (χ2v) is 6.05. The van der Waals surface area contributed by atoms with Crippen LogP contribution in [0.4, 0.5) is 0 Å². The molecule has 0 amide bonds. The third-order valence-corrected chi connectivity index (χ3v) is 4.58. The normalized spacial score (nSPS) is 19.0. The van der Waals surface area contributed by atoms with Gasteiger partial charge in [-0.3, -0.25) is 0 Å². The van der Waals surface area contributed by atoms with Crippen LogP contribution in [0.3, 0.4) is 0 Å². The highest BCUT2D eigenvalue weighted by molar-refractivity contribution is 5.86. The van der Waals surface area contributed by atoms with Crippen molar-refractivity contribution in [2.24, 2.45) is 0 Å². The van der Waals surface area contributed by atoms with E-state index in [0.717, 1.165) is 25.2 Å². The maximum atomic E-state index is 4.30. The Morgan fingerprint density at radius 3 is 3.00 bits per heavy atom. The fourth-order valence-electron chi connectivity index (χ4n) is 3.45. The van der Waals surface area contributed by atoms with Crippen LogP contribution in [0.25, 0.3) is 10.8 Å². The molecule has 4 heteroatoms. The highest BCUT2D eigenvalue weighted by Gasteiger charge is 2.21. The summed E-state index contributed by atoms with van der Waals surface area (Å²) in [6.45, 7) is 3.16. The highest BCUT2D eigenvalue weighted by Crippen LogP contribution is 2.25. The average Bonchev–Trinajstić information content (AvgIpc) is 3.02. The molecule has 0 saturated heterocycles. The summed E-state index contributed by atoms with van der Waals surface area (Å²) in [5.41, 5.74) is 1.36. The number of hydrogen-bond donors (Lipinski definition) is 1. The molecule has 0 unspecified atom stereocenters. The van der Waals surface area contributed by atoms with Gasteiger partial charge >= 0.3 is 0 Å². The minimum Gasteiger partial charge on any atom is -0.306 e. The molecule has 1 aromatic heterocycles. The lowest BCUT2D eigenvalue weighted by Gasteiger charge is -2.27. The van der Waals surface area contributed by atoms with E-state index in [4.69, 9.17) is 0 Å². The lowest BCUT2D eigenvalue weighted by atomic mass is 9.98. The summed E-state index contributed by atoms with van der Waals surface area (Å²) in [6.07, 6.45) is 3.78. The molecule has 22 heavy (non-hydrogen) atoms. The van der Waals surface area contributed by atoms with Gasteiger partial charge in [0.25, 0.3) is 0 Å². The minimum atomic E-state index is 0.321. The Kier molecular flexibility index (Phi) is 3.39. The zero-order valence-corrected chi connectivity index (χ0v) is 12.7. The van der Waals surface area contributed by atoms with Gasteiger partial charge in [0, 0.05) is 18.5 Å². The quantitative estimate of drug-likeness (QED) is 0.806. The summed E-state index contributed by atoms with van der Waals surface area (Å²) in [4.78, 5) is 4.29. The Bertz CT molecular complexity index is 787. The third kappa shape index (κ3) is 2.40. The molecule has 1 aliphatic heterocycles. The number of benzene rings is 2. The summed E-state index contributed by atoms with van der Waals surface area (Å²) >= 11 is 0. The molecule has 0 aliphatic carbocycles. The van der Waals surface area contributed by atoms with Crippen molar-refractivity contribution < 1.29 is 0 Å². The van der Waals surface area contributed by atoms with Gasteiger partial charge in [0.05, 0.1) is 6.54 Å². The average molecular weight is 292 g/mol. The van der Waals surface area contributed by atoms with E-state index in [1.165, 1.54) is 16.3 Å². The SMILES string of the molecule is C[C@H](N[C@H]1CCc2ncnn2C1)c1cccc2ccccc12. The summed E-state index contributed by atoms with van der Waals surface area (Å²) < 4.78 is 2.02. The molecule has 0 fully saturated rings. The Balaban J connectivity index is 1.56. The molecule has 0 saturated carbocycles. The van der Waals surface area contributed by atoms with Gasteiger partial charge in [-0.25, -0.2) is 9.67 Å². The fraction of sp³-hybridized carbons (Fsp3) is 0.333. The Labute approximate surface area is 130 Å². The van der Waals surface area contributed by atoms with Gasteiger partial charge in [0.15, 0.2) is 0 Å². The first kappa shape index (κ1) is 13.5. The van der Waals surface area contributed by atoms with Crippen molar-refractivity contribution in [1.29, 1.82) is 0 Å². The molecule has 112 valence electrons. The second kappa shape index (κ2) is 5.54. The topological polar surface area (TPSA) is 42.7 Å². The maximum absolute atomic E-state index is 4.30. The number of aryl methyl sites for hydroxylation is 1. The van der Waals surface area contributed by atoms with Crippen LogP contribution in [0.2, 0.25) is 0 Å². The lowest BCUT2D eigenvalue weighted by Crippen LogP contribution is -2.39. The first-order chi connectivity index (χ1) is 10.8. The van der Waals surface area contributed by atoms with E-state index in [9.17, 15) is 0 Å². The van der Waals surface area contributed by atoms with E-state index in [0.29, 0.717) is 12.1 Å². The fourth-order valence-corrected chi connectivity index (χ4v) is 3.45. The molecule has 3 aromatic rings. The summed E-state index contributed by atoms with van der Waals surface area (Å²) in [5.74, 6) is 1.11. The van der Waals surface area contributed by atoms with E-state index < -0.39 is 0 Å². The van der Waals surface area contributed by atoms with Crippen molar-refractivity contribution >= 4 is 10.8 Å². The number of rotatable bonds is 3. The second-order valence-electron chi connectivity index (χ2n) is 6.05. The van der Waals surface area contributed by atoms with Crippen molar-refractivity contribution in [3.63, 3.8) is 0 Å². The van der Waals surface area contributed by atoms with Gasteiger partial charge in [0.1, 0.15) is 12.2 Å². The predicted molar refractivity (Wildman–Crippen MR) is 87.6 cm³/mol. The number of aromatic nitrogens is 3. The molecular weight excluding hydrogens is 272 g/mol. The Morgan fingerprint density at radius 2 is 2.05 bits per heavy atom. The number of nitrogens with zero attached hydrogens (tertiary/aromatic N) is 3. The van der Waals surface area contributed by atoms with Crippen LogP contribution in [0.15, 0.2) is 48.8 Å². The van der Waals surface area contributed by atoms with E-state index in [2.05, 4.69) is 64.8 Å². The minimum absolute atomic E-state index is 0.321. The summed E-state index contributed by atoms with van der Waals surface area (Å²) in [6, 6.07) is 15.9. The standard InChI is InChI=1S/C18H20N4/c1-13(16-8-4-6-14-5-2-3-7-17(14)16)21-15-9-10-18-19-12-20-22(18)11-15/h2-8,12-13,15,21H,9-11H2,1H3/t13-,15-/m0/s1. The summed E-state index contributed by atoms with van der Waals surface area (Å²) in [5, 5.41) is 10.7. The molecule has 1 aliphatic rings. The van der Waals surface area contributed by atoms with Crippen molar-refractivity contribution in [3.05, 3.63) is 60.2 Å². The largest absolute Gasteiger partial charge is 0.306 e. The van der Waals surface area contributed by atoms with Crippen molar-refractivity contribution in [3.8, 4) is 0 Å². The molecule has 0 spiro atoms. The first-order valence-electron chi connectivity index (χ1n) is 7.91. The van der Waals surface area contributed by atoms with Gasteiger partial charge in [-0.15, -0.1) is 0 Å². The third-order valence-electron chi connectivity index (χ3n) is 4.58. The Morgan fingerprint density at radius 1 is 1.18 bits per heavy atom. The van der Waals surface area contributed by atoms with Gasteiger partial charge < -0.3 is 5.32 Å². The van der Waals surface area contributed by atoms with Crippen molar-refractivity contribution in [1.82, 2.24) is 20.1 Å². The maximum Gasteiger partial charge on any atom is 0.138 e. The molecule has 1 N–H and O–H groups in total. The molecule has 4 rings (SSSR count). The Hall–Kier alpha value is -2.20. The van der Waals surface area contributed by atoms with Crippen LogP contribution in [0.5, 0.6) is 0 Å². The van der Waals surface area contributed by atoms with Gasteiger partial charge in [-0.05, 0) is 29.7 Å². The van der Waals surface area contributed by atoms with Crippen LogP contribution >= 0.6 is 0 Å². The zero-order valence-electron chi connectivity index (χ0n) is 12.7. The number of fused-ring (bicyclic) bond motifs is 2. The molecule has 4 nitrogen and oxygen atoms in total.